The summed E-state index contributed by atoms with van der Waals surface area (Å²) in [5.74, 6) is 0. The van der Waals surface area contributed by atoms with Gasteiger partial charge < -0.3 is 15.2 Å². The van der Waals surface area contributed by atoms with Gasteiger partial charge in [-0.1, -0.05) is 0 Å². The number of ether oxygens (including phenoxy) is 2. The molecule has 3 aliphatic rings. The average Bonchev–Trinajstić information content (AvgIpc) is 2.89. The normalized spacial score (nSPS) is 45.6. The van der Waals surface area contributed by atoms with Crippen LogP contribution >= 0.6 is 0 Å². The Hall–Kier alpha value is -0.160. The van der Waals surface area contributed by atoms with Crippen LogP contribution < -0.4 is 5.73 Å². The zero-order valence-corrected chi connectivity index (χ0v) is 9.86. The van der Waals surface area contributed by atoms with Gasteiger partial charge in [-0.25, -0.2) is 0 Å². The molecule has 0 aromatic rings. The third kappa shape index (κ3) is 1.99. The van der Waals surface area contributed by atoms with Crippen molar-refractivity contribution in [3.05, 3.63) is 0 Å². The third-order valence-corrected chi connectivity index (χ3v) is 4.31. The second kappa shape index (κ2) is 4.26. The van der Waals surface area contributed by atoms with Gasteiger partial charge in [-0.15, -0.1) is 0 Å². The van der Waals surface area contributed by atoms with E-state index in [1.807, 2.05) is 0 Å². The molecule has 3 aliphatic heterocycles. The standard InChI is InChI=1S/C12H22N2O2/c13-10-1-4-14(8-10)11-2-5-16-12(7-11)3-6-15-9-12/h10-11H,1-9,13H2. The van der Waals surface area contributed by atoms with Crippen molar-refractivity contribution in [3.8, 4) is 0 Å². The molecule has 4 heteroatoms. The highest BCUT2D eigenvalue weighted by Gasteiger charge is 2.43. The molecule has 92 valence electrons. The van der Waals surface area contributed by atoms with Gasteiger partial charge in [-0.3, -0.25) is 4.90 Å². The quantitative estimate of drug-likeness (QED) is 0.701. The summed E-state index contributed by atoms with van der Waals surface area (Å²) in [6.07, 6.45) is 4.53. The van der Waals surface area contributed by atoms with E-state index in [1.54, 1.807) is 0 Å². The minimum absolute atomic E-state index is 0.0373. The summed E-state index contributed by atoms with van der Waals surface area (Å²) in [4.78, 5) is 2.56. The zero-order chi connectivity index (χ0) is 11.0. The summed E-state index contributed by atoms with van der Waals surface area (Å²) >= 11 is 0. The number of hydrogen-bond acceptors (Lipinski definition) is 4. The van der Waals surface area contributed by atoms with Crippen LogP contribution in [0.2, 0.25) is 0 Å². The average molecular weight is 226 g/mol. The van der Waals surface area contributed by atoms with E-state index in [0.717, 1.165) is 52.0 Å². The molecule has 0 amide bonds. The predicted octanol–water partition coefficient (Wildman–Crippen LogP) is 0.357. The first-order valence-corrected chi connectivity index (χ1v) is 6.49. The molecule has 1 spiro atoms. The second-order valence-corrected chi connectivity index (χ2v) is 5.52. The third-order valence-electron chi connectivity index (χ3n) is 4.31. The van der Waals surface area contributed by atoms with Crippen molar-refractivity contribution in [2.75, 3.05) is 32.9 Å². The van der Waals surface area contributed by atoms with Gasteiger partial charge in [-0.05, 0) is 19.3 Å². The van der Waals surface area contributed by atoms with Gasteiger partial charge in [0.15, 0.2) is 0 Å². The van der Waals surface area contributed by atoms with Crippen LogP contribution in [0, 0.1) is 0 Å². The number of likely N-dealkylation sites (tertiary alicyclic amines) is 1. The lowest BCUT2D eigenvalue weighted by Crippen LogP contribution is -2.49. The van der Waals surface area contributed by atoms with Crippen LogP contribution in [0.5, 0.6) is 0 Å². The van der Waals surface area contributed by atoms with Crippen molar-refractivity contribution >= 4 is 0 Å². The maximum atomic E-state index is 5.98. The number of nitrogens with zero attached hydrogens (tertiary/aromatic N) is 1. The fourth-order valence-corrected chi connectivity index (χ4v) is 3.32. The zero-order valence-electron chi connectivity index (χ0n) is 9.86. The smallest absolute Gasteiger partial charge is 0.0951 e. The lowest BCUT2D eigenvalue weighted by molar-refractivity contribution is -0.104. The van der Waals surface area contributed by atoms with Gasteiger partial charge in [0.2, 0.25) is 0 Å². The van der Waals surface area contributed by atoms with E-state index in [2.05, 4.69) is 4.90 Å². The Morgan fingerprint density at radius 1 is 1.25 bits per heavy atom. The number of nitrogens with two attached hydrogens (primary N) is 1. The summed E-state index contributed by atoms with van der Waals surface area (Å²) in [5.41, 5.74) is 6.02. The topological polar surface area (TPSA) is 47.7 Å². The SMILES string of the molecule is NC1CCN(C2CCOC3(CCOC3)C2)C1. The molecule has 3 unspecified atom stereocenters. The van der Waals surface area contributed by atoms with Gasteiger partial charge in [0, 0.05) is 44.8 Å². The Bertz CT molecular complexity index is 253. The van der Waals surface area contributed by atoms with Gasteiger partial charge in [0.25, 0.3) is 0 Å². The molecule has 4 nitrogen and oxygen atoms in total. The molecule has 0 saturated carbocycles. The van der Waals surface area contributed by atoms with Crippen LogP contribution in [0.3, 0.4) is 0 Å². The molecule has 3 saturated heterocycles. The predicted molar refractivity (Wildman–Crippen MR) is 61.3 cm³/mol. The maximum absolute atomic E-state index is 5.98. The van der Waals surface area contributed by atoms with Crippen molar-refractivity contribution in [2.24, 2.45) is 5.73 Å². The van der Waals surface area contributed by atoms with E-state index in [1.165, 1.54) is 6.54 Å². The molecular weight excluding hydrogens is 204 g/mol. The Kier molecular flexibility index (Phi) is 2.92. The molecule has 0 aromatic heterocycles. The second-order valence-electron chi connectivity index (χ2n) is 5.52. The lowest BCUT2D eigenvalue weighted by atomic mass is 9.89. The van der Waals surface area contributed by atoms with E-state index in [4.69, 9.17) is 15.2 Å². The van der Waals surface area contributed by atoms with E-state index in [-0.39, 0.29) is 5.60 Å². The maximum Gasteiger partial charge on any atom is 0.0951 e. The Morgan fingerprint density at radius 2 is 2.19 bits per heavy atom. The summed E-state index contributed by atoms with van der Waals surface area (Å²) < 4.78 is 11.5. The van der Waals surface area contributed by atoms with Gasteiger partial charge in [0.1, 0.15) is 0 Å². The van der Waals surface area contributed by atoms with Crippen LogP contribution in [-0.2, 0) is 9.47 Å². The van der Waals surface area contributed by atoms with E-state index in [0.29, 0.717) is 12.1 Å². The van der Waals surface area contributed by atoms with Crippen LogP contribution in [-0.4, -0.2) is 55.5 Å². The van der Waals surface area contributed by atoms with Crippen molar-refractivity contribution in [2.45, 2.75) is 43.4 Å². The summed E-state index contributed by atoms with van der Waals surface area (Å²) in [7, 11) is 0. The van der Waals surface area contributed by atoms with E-state index >= 15 is 0 Å². The van der Waals surface area contributed by atoms with Crippen molar-refractivity contribution < 1.29 is 9.47 Å². The summed E-state index contributed by atoms with van der Waals surface area (Å²) in [5, 5.41) is 0. The Balaban J connectivity index is 1.63. The van der Waals surface area contributed by atoms with Crippen LogP contribution in [0.4, 0.5) is 0 Å². The van der Waals surface area contributed by atoms with E-state index < -0.39 is 0 Å². The molecule has 0 aromatic carbocycles. The summed E-state index contributed by atoms with van der Waals surface area (Å²) in [6, 6.07) is 1.06. The van der Waals surface area contributed by atoms with Gasteiger partial charge >= 0.3 is 0 Å². The Morgan fingerprint density at radius 3 is 2.88 bits per heavy atom. The molecule has 16 heavy (non-hydrogen) atoms. The first-order chi connectivity index (χ1) is 7.77. The van der Waals surface area contributed by atoms with Crippen molar-refractivity contribution in [3.63, 3.8) is 0 Å². The molecule has 3 fully saturated rings. The molecule has 3 atom stereocenters. The van der Waals surface area contributed by atoms with Crippen LogP contribution in [0.25, 0.3) is 0 Å². The highest BCUT2D eigenvalue weighted by atomic mass is 16.6. The number of rotatable bonds is 1. The summed E-state index contributed by atoms with van der Waals surface area (Å²) in [6.45, 7) is 4.79. The lowest BCUT2D eigenvalue weighted by Gasteiger charge is -2.40. The van der Waals surface area contributed by atoms with Crippen LogP contribution in [0.1, 0.15) is 25.7 Å². The molecule has 2 N–H and O–H groups in total. The van der Waals surface area contributed by atoms with Gasteiger partial charge in [0.05, 0.1) is 12.2 Å². The van der Waals surface area contributed by atoms with Gasteiger partial charge in [-0.2, -0.15) is 0 Å². The highest BCUT2D eigenvalue weighted by molar-refractivity contribution is 4.95. The minimum atomic E-state index is 0.0373. The minimum Gasteiger partial charge on any atom is -0.378 e. The van der Waals surface area contributed by atoms with Crippen molar-refractivity contribution in [1.29, 1.82) is 0 Å². The molecule has 0 bridgehead atoms. The molecule has 3 rings (SSSR count). The first-order valence-electron chi connectivity index (χ1n) is 6.49. The molecular formula is C12H22N2O2. The highest BCUT2D eigenvalue weighted by Crippen LogP contribution is 2.35. The largest absolute Gasteiger partial charge is 0.378 e. The first kappa shape index (κ1) is 11.0. The fraction of sp³-hybridized carbons (Fsp3) is 1.00. The molecule has 0 radical (unpaired) electrons. The fourth-order valence-electron chi connectivity index (χ4n) is 3.32. The van der Waals surface area contributed by atoms with Crippen molar-refractivity contribution in [1.82, 2.24) is 4.90 Å². The molecule has 3 heterocycles. The molecule has 0 aliphatic carbocycles. The monoisotopic (exact) mass is 226 g/mol. The van der Waals surface area contributed by atoms with Crippen LogP contribution in [0.15, 0.2) is 0 Å². The Labute approximate surface area is 97.1 Å². The van der Waals surface area contributed by atoms with E-state index in [9.17, 15) is 0 Å². The number of hydrogen-bond donors (Lipinski definition) is 1.